The molecule has 0 spiro atoms. The van der Waals surface area contributed by atoms with Crippen molar-refractivity contribution in [1.29, 1.82) is 0 Å². The molecule has 0 N–H and O–H groups in total. The van der Waals surface area contributed by atoms with Crippen LogP contribution in [0.2, 0.25) is 0 Å². The molecule has 3 unspecified atom stereocenters. The molecule has 3 rings (SSSR count). The van der Waals surface area contributed by atoms with Gasteiger partial charge in [-0.05, 0) is 67.2 Å². The van der Waals surface area contributed by atoms with Crippen LogP contribution in [0.5, 0.6) is 0 Å². The van der Waals surface area contributed by atoms with Gasteiger partial charge in [0.05, 0.1) is 6.04 Å². The quantitative estimate of drug-likeness (QED) is 0.285. The minimum atomic E-state index is -0.481. The summed E-state index contributed by atoms with van der Waals surface area (Å²) in [5.74, 6) is 2.00. The Morgan fingerprint density at radius 1 is 1.05 bits per heavy atom. The van der Waals surface area contributed by atoms with E-state index in [1.807, 2.05) is 70.2 Å². The molecule has 2 aromatic carbocycles. The number of carbonyl (C=O) groups excluding carboxylic acids is 3. The number of hydrogen-bond donors (Lipinski definition) is 0. The second-order valence-corrected chi connectivity index (χ2v) is 11.4. The zero-order valence-electron chi connectivity index (χ0n) is 23.3. The number of nitrogens with zero attached hydrogens (tertiary/aromatic N) is 1. The predicted molar refractivity (Wildman–Crippen MR) is 149 cm³/mol. The molecular formula is C33H41NO3. The number of aryl methyl sites for hydroxylation is 1. The maximum absolute atomic E-state index is 14.0. The van der Waals surface area contributed by atoms with Gasteiger partial charge >= 0.3 is 0 Å². The van der Waals surface area contributed by atoms with Crippen molar-refractivity contribution in [2.75, 3.05) is 6.54 Å². The molecular weight excluding hydrogens is 458 g/mol. The van der Waals surface area contributed by atoms with Crippen molar-refractivity contribution in [3.05, 3.63) is 70.3 Å². The molecule has 0 aromatic heterocycles. The van der Waals surface area contributed by atoms with Crippen molar-refractivity contribution in [1.82, 2.24) is 4.90 Å². The van der Waals surface area contributed by atoms with E-state index in [9.17, 15) is 14.4 Å². The van der Waals surface area contributed by atoms with Crippen LogP contribution in [0.4, 0.5) is 0 Å². The molecule has 0 aliphatic carbocycles. The Bertz CT molecular complexity index is 1190. The molecule has 1 amide bonds. The Kier molecular flexibility index (Phi) is 9.13. The first-order valence-electron chi connectivity index (χ1n) is 13.4. The lowest BCUT2D eigenvalue weighted by molar-refractivity contribution is -0.143. The van der Waals surface area contributed by atoms with Gasteiger partial charge in [-0.2, -0.15) is 0 Å². The molecule has 1 aliphatic rings. The molecule has 2 aromatic rings. The Labute approximate surface area is 222 Å². The molecule has 0 radical (unpaired) electrons. The van der Waals surface area contributed by atoms with Crippen molar-refractivity contribution >= 4 is 17.5 Å². The molecule has 1 heterocycles. The molecule has 196 valence electrons. The van der Waals surface area contributed by atoms with Gasteiger partial charge in [-0.1, -0.05) is 63.2 Å². The van der Waals surface area contributed by atoms with Crippen LogP contribution in [-0.2, 0) is 16.0 Å². The molecule has 0 saturated carbocycles. The molecule has 1 aliphatic heterocycles. The van der Waals surface area contributed by atoms with E-state index < -0.39 is 12.0 Å². The van der Waals surface area contributed by atoms with Gasteiger partial charge in [0.2, 0.25) is 5.91 Å². The normalized spacial score (nSPS) is 18.2. The van der Waals surface area contributed by atoms with Gasteiger partial charge in [0.25, 0.3) is 0 Å². The molecule has 1 saturated heterocycles. The monoisotopic (exact) mass is 499 g/mol. The van der Waals surface area contributed by atoms with E-state index in [2.05, 4.69) is 19.8 Å². The lowest BCUT2D eigenvalue weighted by atomic mass is 9.79. The van der Waals surface area contributed by atoms with Crippen LogP contribution >= 0.6 is 0 Å². The van der Waals surface area contributed by atoms with Crippen molar-refractivity contribution < 1.29 is 14.4 Å². The summed E-state index contributed by atoms with van der Waals surface area (Å²) < 4.78 is 0. The number of Topliss-reactive ketones (excluding diaryl/α,β-unsaturated/α-hetero) is 2. The average Bonchev–Trinajstić information content (AvgIpc) is 3.19. The van der Waals surface area contributed by atoms with E-state index in [4.69, 9.17) is 6.42 Å². The zero-order chi connectivity index (χ0) is 27.3. The van der Waals surface area contributed by atoms with Crippen LogP contribution in [-0.4, -0.2) is 35.0 Å². The van der Waals surface area contributed by atoms with E-state index in [-0.39, 0.29) is 41.6 Å². The number of carbonyl (C=O) groups is 3. The molecule has 3 atom stereocenters. The summed E-state index contributed by atoms with van der Waals surface area (Å²) in [6.07, 6.45) is 7.73. The highest BCUT2D eigenvalue weighted by atomic mass is 16.2. The summed E-state index contributed by atoms with van der Waals surface area (Å²) in [7, 11) is 0. The van der Waals surface area contributed by atoms with E-state index in [1.165, 1.54) is 0 Å². The van der Waals surface area contributed by atoms with E-state index in [1.54, 1.807) is 4.90 Å². The van der Waals surface area contributed by atoms with Crippen LogP contribution in [0, 0.1) is 50.4 Å². The smallest absolute Gasteiger partial charge is 0.226 e. The highest BCUT2D eigenvalue weighted by Crippen LogP contribution is 2.39. The van der Waals surface area contributed by atoms with E-state index >= 15 is 0 Å². The standard InChI is InChI=1S/C33H41NO3/c1-8-9-15-29(35)31-33(6,7)18-19-34(31)32(37)25(5)27(20-26-13-11-10-12-14-26)21-30(36)28-17-16-22(2)23(3)24(28)4/h1,10-14,16-17,25,27,31H,9,15,18-21H2,2-7H3. The van der Waals surface area contributed by atoms with Gasteiger partial charge in [0, 0.05) is 37.3 Å². The largest absolute Gasteiger partial charge is 0.332 e. The van der Waals surface area contributed by atoms with E-state index in [0.29, 0.717) is 19.4 Å². The number of benzene rings is 2. The van der Waals surface area contributed by atoms with Crippen molar-refractivity contribution in [3.63, 3.8) is 0 Å². The van der Waals surface area contributed by atoms with Gasteiger partial charge in [0.1, 0.15) is 0 Å². The summed E-state index contributed by atoms with van der Waals surface area (Å²) >= 11 is 0. The van der Waals surface area contributed by atoms with Crippen LogP contribution in [0.25, 0.3) is 0 Å². The van der Waals surface area contributed by atoms with Gasteiger partial charge < -0.3 is 4.90 Å². The van der Waals surface area contributed by atoms with Crippen molar-refractivity contribution in [3.8, 4) is 12.3 Å². The Balaban J connectivity index is 1.89. The molecule has 1 fully saturated rings. The van der Waals surface area contributed by atoms with Crippen LogP contribution < -0.4 is 0 Å². The number of likely N-dealkylation sites (tertiary alicyclic amines) is 1. The fraction of sp³-hybridized carbons (Fsp3) is 0.485. The molecule has 4 heteroatoms. The van der Waals surface area contributed by atoms with Crippen molar-refractivity contribution in [2.45, 2.75) is 79.7 Å². The van der Waals surface area contributed by atoms with Crippen LogP contribution in [0.3, 0.4) is 0 Å². The first-order valence-corrected chi connectivity index (χ1v) is 13.4. The third kappa shape index (κ3) is 6.39. The summed E-state index contributed by atoms with van der Waals surface area (Å²) in [4.78, 5) is 42.4. The SMILES string of the molecule is C#CCCC(=O)C1N(C(=O)C(C)C(CC(=O)c2ccc(C)c(C)c2C)Cc2ccccc2)CCC1(C)C. The fourth-order valence-electron chi connectivity index (χ4n) is 5.69. The first-order chi connectivity index (χ1) is 17.5. The number of terminal acetylenes is 1. The Morgan fingerprint density at radius 3 is 2.38 bits per heavy atom. The molecule has 4 nitrogen and oxygen atoms in total. The predicted octanol–water partition coefficient (Wildman–Crippen LogP) is 6.29. The summed E-state index contributed by atoms with van der Waals surface area (Å²) in [6.45, 7) is 12.7. The first kappa shape index (κ1) is 28.4. The summed E-state index contributed by atoms with van der Waals surface area (Å²) in [6, 6.07) is 13.4. The van der Waals surface area contributed by atoms with Crippen LogP contribution in [0.15, 0.2) is 42.5 Å². The third-order valence-electron chi connectivity index (χ3n) is 8.40. The maximum Gasteiger partial charge on any atom is 0.226 e. The lowest BCUT2D eigenvalue weighted by Gasteiger charge is -2.34. The highest BCUT2D eigenvalue weighted by molar-refractivity contribution is 5.98. The lowest BCUT2D eigenvalue weighted by Crippen LogP contribution is -2.49. The molecule has 0 bridgehead atoms. The minimum absolute atomic E-state index is 0.0300. The van der Waals surface area contributed by atoms with Gasteiger partial charge in [-0.25, -0.2) is 0 Å². The maximum atomic E-state index is 14.0. The Morgan fingerprint density at radius 2 is 1.73 bits per heavy atom. The van der Waals surface area contributed by atoms with Gasteiger partial charge in [0.15, 0.2) is 11.6 Å². The molecule has 37 heavy (non-hydrogen) atoms. The number of hydrogen-bond acceptors (Lipinski definition) is 3. The Hall–Kier alpha value is -3.19. The summed E-state index contributed by atoms with van der Waals surface area (Å²) in [5, 5.41) is 0. The number of rotatable bonds is 10. The number of ketones is 2. The van der Waals surface area contributed by atoms with E-state index in [0.717, 1.165) is 34.2 Å². The van der Waals surface area contributed by atoms with Crippen LogP contribution in [0.1, 0.15) is 79.1 Å². The second kappa shape index (κ2) is 11.9. The van der Waals surface area contributed by atoms with Gasteiger partial charge in [-0.15, -0.1) is 12.3 Å². The second-order valence-electron chi connectivity index (χ2n) is 11.4. The van der Waals surface area contributed by atoms with Gasteiger partial charge in [-0.3, -0.25) is 14.4 Å². The average molecular weight is 500 g/mol. The summed E-state index contributed by atoms with van der Waals surface area (Å²) in [5.41, 5.74) is 4.81. The van der Waals surface area contributed by atoms with Crippen molar-refractivity contribution in [2.24, 2.45) is 17.3 Å². The topological polar surface area (TPSA) is 54.5 Å². The minimum Gasteiger partial charge on any atom is -0.332 e. The highest BCUT2D eigenvalue weighted by Gasteiger charge is 2.47. The fourth-order valence-corrected chi connectivity index (χ4v) is 5.69. The number of amides is 1. The third-order valence-corrected chi connectivity index (χ3v) is 8.40. The zero-order valence-corrected chi connectivity index (χ0v) is 23.3.